The lowest BCUT2D eigenvalue weighted by atomic mass is 10.1. The van der Waals surface area contributed by atoms with E-state index in [1.807, 2.05) is 0 Å². The Labute approximate surface area is 124 Å². The van der Waals surface area contributed by atoms with Gasteiger partial charge in [-0.25, -0.2) is 0 Å². The summed E-state index contributed by atoms with van der Waals surface area (Å²) in [6.45, 7) is 0.453. The van der Waals surface area contributed by atoms with Crippen LogP contribution in [0.25, 0.3) is 0 Å². The van der Waals surface area contributed by atoms with Gasteiger partial charge in [0, 0.05) is 12.5 Å². The van der Waals surface area contributed by atoms with E-state index in [4.69, 9.17) is 5.11 Å². The Morgan fingerprint density at radius 3 is 2.48 bits per heavy atom. The third kappa shape index (κ3) is 4.27. The Kier molecular flexibility index (Phi) is 5.73. The molecule has 0 radical (unpaired) electrons. The molecule has 21 heavy (non-hydrogen) atoms. The first-order valence-corrected chi connectivity index (χ1v) is 7.90. The highest BCUT2D eigenvalue weighted by molar-refractivity contribution is 6.05. The summed E-state index contributed by atoms with van der Waals surface area (Å²) >= 11 is 0. The monoisotopic (exact) mass is 296 g/mol. The van der Waals surface area contributed by atoms with E-state index >= 15 is 0 Å². The lowest BCUT2D eigenvalue weighted by Gasteiger charge is -2.25. The van der Waals surface area contributed by atoms with Gasteiger partial charge in [0.25, 0.3) is 0 Å². The first-order valence-electron chi connectivity index (χ1n) is 7.90. The molecule has 2 fully saturated rings. The van der Waals surface area contributed by atoms with Crippen LogP contribution in [0.4, 0.5) is 0 Å². The van der Waals surface area contributed by atoms with Crippen molar-refractivity contribution in [2.45, 2.75) is 69.9 Å². The van der Waals surface area contributed by atoms with Crippen LogP contribution in [0.3, 0.4) is 0 Å². The molecule has 2 N–H and O–H groups in total. The van der Waals surface area contributed by atoms with Gasteiger partial charge in [-0.15, -0.1) is 0 Å². The summed E-state index contributed by atoms with van der Waals surface area (Å²) in [6, 6.07) is -0.395. The van der Waals surface area contributed by atoms with Gasteiger partial charge < -0.3 is 10.4 Å². The minimum Gasteiger partial charge on any atom is -0.481 e. The van der Waals surface area contributed by atoms with E-state index in [1.165, 1.54) is 17.7 Å². The normalized spacial score (nSPS) is 24.4. The van der Waals surface area contributed by atoms with E-state index in [9.17, 15) is 14.4 Å². The number of likely N-dealkylation sites (tertiary alicyclic amines) is 1. The van der Waals surface area contributed by atoms with Gasteiger partial charge in [-0.05, 0) is 25.8 Å². The van der Waals surface area contributed by atoms with E-state index in [2.05, 4.69) is 5.32 Å². The molecule has 0 aromatic carbocycles. The minimum absolute atomic E-state index is 0.0679. The molecular formula is C15H24N2O4. The maximum absolute atomic E-state index is 12.4. The molecule has 2 rings (SSSR count). The van der Waals surface area contributed by atoms with Crippen molar-refractivity contribution in [2.24, 2.45) is 0 Å². The third-order valence-corrected chi connectivity index (χ3v) is 4.33. The van der Waals surface area contributed by atoms with Crippen molar-refractivity contribution in [2.75, 3.05) is 6.54 Å². The lowest BCUT2D eigenvalue weighted by Crippen LogP contribution is -2.44. The van der Waals surface area contributed by atoms with Gasteiger partial charge in [-0.2, -0.15) is 0 Å². The van der Waals surface area contributed by atoms with E-state index in [0.717, 1.165) is 25.7 Å². The summed E-state index contributed by atoms with van der Waals surface area (Å²) in [6.07, 6.45) is 7.13. The largest absolute Gasteiger partial charge is 0.481 e. The number of nitrogens with one attached hydrogen (secondary N) is 1. The van der Waals surface area contributed by atoms with Crippen LogP contribution in [0.5, 0.6) is 0 Å². The standard InChI is InChI=1S/C15H24N2O4/c18-13-10-12(16-9-5-8-14(19)20)15(21)17(13)11-6-3-1-2-4-7-11/h11-12,16H,1-10H2,(H,19,20). The maximum Gasteiger partial charge on any atom is 0.303 e. The fourth-order valence-corrected chi connectivity index (χ4v) is 3.23. The average molecular weight is 296 g/mol. The number of hydrogen-bond acceptors (Lipinski definition) is 4. The molecule has 1 saturated heterocycles. The zero-order chi connectivity index (χ0) is 15.2. The highest BCUT2D eigenvalue weighted by atomic mass is 16.4. The molecule has 1 aliphatic heterocycles. The highest BCUT2D eigenvalue weighted by Gasteiger charge is 2.41. The fraction of sp³-hybridized carbons (Fsp3) is 0.800. The van der Waals surface area contributed by atoms with Crippen LogP contribution < -0.4 is 5.32 Å². The molecule has 0 spiro atoms. The number of imide groups is 1. The molecule has 6 nitrogen and oxygen atoms in total. The van der Waals surface area contributed by atoms with E-state index in [1.54, 1.807) is 0 Å². The van der Waals surface area contributed by atoms with Crippen LogP contribution in [-0.2, 0) is 14.4 Å². The number of nitrogens with zero attached hydrogens (tertiary/aromatic N) is 1. The molecule has 1 heterocycles. The van der Waals surface area contributed by atoms with E-state index in [0.29, 0.717) is 13.0 Å². The quantitative estimate of drug-likeness (QED) is 0.438. The van der Waals surface area contributed by atoms with Crippen LogP contribution in [-0.4, -0.2) is 46.4 Å². The molecule has 0 bridgehead atoms. The van der Waals surface area contributed by atoms with Crippen molar-refractivity contribution in [3.8, 4) is 0 Å². The minimum atomic E-state index is -0.842. The van der Waals surface area contributed by atoms with Crippen molar-refractivity contribution in [1.29, 1.82) is 0 Å². The van der Waals surface area contributed by atoms with Crippen molar-refractivity contribution in [3.63, 3.8) is 0 Å². The first kappa shape index (κ1) is 15.9. The van der Waals surface area contributed by atoms with Gasteiger partial charge in [0.1, 0.15) is 0 Å². The van der Waals surface area contributed by atoms with Gasteiger partial charge in [0.2, 0.25) is 11.8 Å². The smallest absolute Gasteiger partial charge is 0.303 e. The third-order valence-electron chi connectivity index (χ3n) is 4.33. The van der Waals surface area contributed by atoms with Gasteiger partial charge in [0.15, 0.2) is 0 Å². The second kappa shape index (κ2) is 7.54. The topological polar surface area (TPSA) is 86.7 Å². The number of carboxylic acid groups (broad SMARTS) is 1. The maximum atomic E-state index is 12.4. The summed E-state index contributed by atoms with van der Waals surface area (Å²) in [5, 5.41) is 11.6. The zero-order valence-corrected chi connectivity index (χ0v) is 12.3. The molecule has 0 aromatic heterocycles. The number of amides is 2. The van der Waals surface area contributed by atoms with Crippen molar-refractivity contribution >= 4 is 17.8 Å². The number of rotatable bonds is 6. The Balaban J connectivity index is 1.85. The fourth-order valence-electron chi connectivity index (χ4n) is 3.23. The Hall–Kier alpha value is -1.43. The van der Waals surface area contributed by atoms with Crippen LogP contribution >= 0.6 is 0 Å². The van der Waals surface area contributed by atoms with Crippen LogP contribution in [0.1, 0.15) is 57.8 Å². The number of aliphatic carboxylic acids is 1. The summed E-state index contributed by atoms with van der Waals surface area (Å²) in [4.78, 5) is 36.4. The molecule has 2 aliphatic rings. The molecule has 118 valence electrons. The number of carbonyl (C=O) groups is 3. The second-order valence-electron chi connectivity index (χ2n) is 5.96. The van der Waals surface area contributed by atoms with Gasteiger partial charge in [-0.1, -0.05) is 25.7 Å². The summed E-state index contributed by atoms with van der Waals surface area (Å²) in [7, 11) is 0. The number of carbonyl (C=O) groups excluding carboxylic acids is 2. The molecule has 0 aromatic rings. The molecule has 1 unspecified atom stereocenters. The SMILES string of the molecule is O=C(O)CCCNC1CC(=O)N(C2CCCCCC2)C1=O. The Morgan fingerprint density at radius 2 is 1.86 bits per heavy atom. The van der Waals surface area contributed by atoms with Crippen molar-refractivity contribution in [1.82, 2.24) is 10.2 Å². The average Bonchev–Trinajstić information content (AvgIpc) is 2.63. The predicted octanol–water partition coefficient (Wildman–Crippen LogP) is 1.29. The first-order chi connectivity index (χ1) is 10.1. The van der Waals surface area contributed by atoms with Crippen molar-refractivity contribution in [3.05, 3.63) is 0 Å². The van der Waals surface area contributed by atoms with Gasteiger partial charge >= 0.3 is 5.97 Å². The molecule has 6 heteroatoms. The van der Waals surface area contributed by atoms with Crippen molar-refractivity contribution < 1.29 is 19.5 Å². The van der Waals surface area contributed by atoms with Crippen LogP contribution in [0, 0.1) is 0 Å². The van der Waals surface area contributed by atoms with E-state index in [-0.39, 0.29) is 30.7 Å². The van der Waals surface area contributed by atoms with Gasteiger partial charge in [0.05, 0.1) is 12.5 Å². The highest BCUT2D eigenvalue weighted by Crippen LogP contribution is 2.26. The zero-order valence-electron chi connectivity index (χ0n) is 12.3. The summed E-state index contributed by atoms with van der Waals surface area (Å²) < 4.78 is 0. The summed E-state index contributed by atoms with van der Waals surface area (Å²) in [5.41, 5.74) is 0. The van der Waals surface area contributed by atoms with Crippen LogP contribution in [0.2, 0.25) is 0 Å². The molecule has 1 aliphatic carbocycles. The summed E-state index contributed by atoms with van der Waals surface area (Å²) in [5.74, 6) is -1.05. The lowest BCUT2D eigenvalue weighted by molar-refractivity contribution is -0.142. The second-order valence-corrected chi connectivity index (χ2v) is 5.96. The molecule has 2 amide bonds. The van der Waals surface area contributed by atoms with Gasteiger partial charge in [-0.3, -0.25) is 19.3 Å². The van der Waals surface area contributed by atoms with Crippen LogP contribution in [0.15, 0.2) is 0 Å². The molecular weight excluding hydrogens is 272 g/mol. The number of carboxylic acids is 1. The Morgan fingerprint density at radius 1 is 1.19 bits per heavy atom. The molecule has 1 atom stereocenters. The number of hydrogen-bond donors (Lipinski definition) is 2. The molecule has 1 saturated carbocycles. The van der Waals surface area contributed by atoms with E-state index < -0.39 is 12.0 Å². The Bertz CT molecular complexity index is 402. The predicted molar refractivity (Wildman–Crippen MR) is 76.6 cm³/mol.